The van der Waals surface area contributed by atoms with E-state index in [1.807, 2.05) is 0 Å². The molecule has 0 saturated carbocycles. The normalized spacial score (nSPS) is 11.3. The van der Waals surface area contributed by atoms with Gasteiger partial charge in [0.25, 0.3) is 10.0 Å². The molecular weight excluding hydrogens is 375 g/mol. The van der Waals surface area contributed by atoms with Crippen molar-refractivity contribution in [1.82, 2.24) is 4.98 Å². The van der Waals surface area contributed by atoms with Gasteiger partial charge in [-0.1, -0.05) is 39.1 Å². The first-order valence-corrected chi connectivity index (χ1v) is 8.02. The van der Waals surface area contributed by atoms with Crippen LogP contribution in [0.3, 0.4) is 0 Å². The Kier molecular flexibility index (Phi) is 4.35. The van der Waals surface area contributed by atoms with E-state index in [4.69, 9.17) is 23.2 Å². The lowest BCUT2D eigenvalue weighted by atomic mass is 10.4. The quantitative estimate of drug-likeness (QED) is 0.818. The van der Waals surface area contributed by atoms with Crippen LogP contribution in [0.2, 0.25) is 10.2 Å². The smallest absolute Gasteiger partial charge is 0.263 e. The van der Waals surface area contributed by atoms with Crippen molar-refractivity contribution in [3.63, 3.8) is 0 Å². The lowest BCUT2D eigenvalue weighted by Gasteiger charge is -2.10. The maximum absolute atomic E-state index is 12.2. The molecule has 0 atom stereocenters. The third-order valence-electron chi connectivity index (χ3n) is 2.19. The van der Waals surface area contributed by atoms with Gasteiger partial charge in [0.2, 0.25) is 0 Å². The molecule has 0 saturated heterocycles. The molecule has 0 aliphatic heterocycles. The zero-order chi connectivity index (χ0) is 14.0. The third-order valence-corrected chi connectivity index (χ3v) is 4.83. The number of halogens is 3. The highest BCUT2D eigenvalue weighted by Crippen LogP contribution is 2.28. The van der Waals surface area contributed by atoms with Gasteiger partial charge < -0.3 is 0 Å². The fourth-order valence-corrected chi connectivity index (χ4v) is 3.68. The van der Waals surface area contributed by atoms with Gasteiger partial charge in [0, 0.05) is 10.7 Å². The third kappa shape index (κ3) is 3.39. The number of benzene rings is 1. The highest BCUT2D eigenvalue weighted by atomic mass is 79.9. The molecular formula is C11H7BrCl2N2O2S. The molecule has 0 aliphatic carbocycles. The second kappa shape index (κ2) is 5.66. The van der Waals surface area contributed by atoms with E-state index in [1.165, 1.54) is 24.4 Å². The van der Waals surface area contributed by atoms with Crippen LogP contribution in [0.5, 0.6) is 0 Å². The van der Waals surface area contributed by atoms with Crippen molar-refractivity contribution in [1.29, 1.82) is 0 Å². The number of pyridine rings is 1. The molecule has 2 rings (SSSR count). The zero-order valence-electron chi connectivity index (χ0n) is 9.27. The number of nitrogens with one attached hydrogen (secondary N) is 1. The van der Waals surface area contributed by atoms with Gasteiger partial charge in [0.05, 0.1) is 10.7 Å². The molecule has 100 valence electrons. The van der Waals surface area contributed by atoms with Gasteiger partial charge in [0.15, 0.2) is 5.15 Å². The molecule has 0 radical (unpaired) electrons. The van der Waals surface area contributed by atoms with Gasteiger partial charge in [0.1, 0.15) is 4.90 Å². The highest BCUT2D eigenvalue weighted by molar-refractivity contribution is 9.10. The SMILES string of the molecule is O=S(=O)(Nc1cccnc1Cl)c1ccc(Br)cc1Cl. The Morgan fingerprint density at radius 3 is 2.58 bits per heavy atom. The number of sulfonamides is 1. The van der Waals surface area contributed by atoms with Crippen molar-refractivity contribution in [3.05, 3.63) is 51.2 Å². The van der Waals surface area contributed by atoms with Gasteiger partial charge in [-0.05, 0) is 30.3 Å². The van der Waals surface area contributed by atoms with Crippen molar-refractivity contribution in [2.45, 2.75) is 4.90 Å². The topological polar surface area (TPSA) is 59.1 Å². The minimum atomic E-state index is -3.81. The average molecular weight is 382 g/mol. The summed E-state index contributed by atoms with van der Waals surface area (Å²) in [6, 6.07) is 7.58. The number of nitrogens with zero attached hydrogens (tertiary/aromatic N) is 1. The Bertz CT molecular complexity index is 722. The average Bonchev–Trinajstić information content (AvgIpc) is 2.31. The van der Waals surface area contributed by atoms with E-state index in [9.17, 15) is 8.42 Å². The lowest BCUT2D eigenvalue weighted by molar-refractivity contribution is 0.601. The van der Waals surface area contributed by atoms with E-state index >= 15 is 0 Å². The second-order valence-electron chi connectivity index (χ2n) is 3.52. The monoisotopic (exact) mass is 380 g/mol. The molecule has 19 heavy (non-hydrogen) atoms. The minimum Gasteiger partial charge on any atom is -0.276 e. The summed E-state index contributed by atoms with van der Waals surface area (Å²) in [5.74, 6) is 0. The summed E-state index contributed by atoms with van der Waals surface area (Å²) in [6.07, 6.45) is 1.47. The van der Waals surface area contributed by atoms with Crippen LogP contribution >= 0.6 is 39.1 Å². The molecule has 0 fully saturated rings. The maximum atomic E-state index is 12.2. The van der Waals surface area contributed by atoms with Gasteiger partial charge in [-0.25, -0.2) is 13.4 Å². The van der Waals surface area contributed by atoms with Crippen LogP contribution in [-0.4, -0.2) is 13.4 Å². The zero-order valence-corrected chi connectivity index (χ0v) is 13.2. The first-order chi connectivity index (χ1) is 8.90. The summed E-state index contributed by atoms with van der Waals surface area (Å²) in [6.45, 7) is 0. The Balaban J connectivity index is 2.41. The van der Waals surface area contributed by atoms with E-state index in [0.29, 0.717) is 4.47 Å². The molecule has 0 amide bonds. The number of anilines is 1. The van der Waals surface area contributed by atoms with Crippen LogP contribution in [-0.2, 0) is 10.0 Å². The van der Waals surface area contributed by atoms with Gasteiger partial charge in [-0.2, -0.15) is 0 Å². The van der Waals surface area contributed by atoms with Crippen molar-refractivity contribution in [3.8, 4) is 0 Å². The molecule has 0 unspecified atom stereocenters. The van der Waals surface area contributed by atoms with Crippen molar-refractivity contribution >= 4 is 54.8 Å². The largest absolute Gasteiger partial charge is 0.276 e. The van der Waals surface area contributed by atoms with Crippen LogP contribution < -0.4 is 4.72 Å². The summed E-state index contributed by atoms with van der Waals surface area (Å²) >= 11 is 14.9. The summed E-state index contributed by atoms with van der Waals surface area (Å²) in [7, 11) is -3.81. The molecule has 4 nitrogen and oxygen atoms in total. The summed E-state index contributed by atoms with van der Waals surface area (Å²) in [4.78, 5) is 3.76. The standard InChI is InChI=1S/C11H7BrCl2N2O2S/c12-7-3-4-10(8(13)6-7)19(17,18)16-9-2-1-5-15-11(9)14/h1-6,16H. The van der Waals surface area contributed by atoms with E-state index in [1.54, 1.807) is 12.1 Å². The Morgan fingerprint density at radius 2 is 1.95 bits per heavy atom. The van der Waals surface area contributed by atoms with Crippen LogP contribution in [0.1, 0.15) is 0 Å². The van der Waals surface area contributed by atoms with Gasteiger partial charge in [-0.3, -0.25) is 4.72 Å². The predicted octanol–water partition coefficient (Wildman–Crippen LogP) is 3.95. The molecule has 0 spiro atoms. The maximum Gasteiger partial charge on any atom is 0.263 e. The number of rotatable bonds is 3. The predicted molar refractivity (Wildman–Crippen MR) is 79.2 cm³/mol. The van der Waals surface area contributed by atoms with E-state index < -0.39 is 10.0 Å². The molecule has 1 N–H and O–H groups in total. The second-order valence-corrected chi connectivity index (χ2v) is 6.85. The van der Waals surface area contributed by atoms with Crippen LogP contribution in [0.25, 0.3) is 0 Å². The molecule has 2 aromatic rings. The first kappa shape index (κ1) is 14.6. The Hall–Kier alpha value is -0.820. The Morgan fingerprint density at radius 1 is 1.21 bits per heavy atom. The first-order valence-electron chi connectivity index (χ1n) is 4.98. The molecule has 1 aromatic heterocycles. The highest BCUT2D eigenvalue weighted by Gasteiger charge is 2.19. The van der Waals surface area contributed by atoms with Gasteiger partial charge in [-0.15, -0.1) is 0 Å². The van der Waals surface area contributed by atoms with E-state index in [0.717, 1.165) is 0 Å². The molecule has 8 heteroatoms. The molecule has 1 heterocycles. The Labute approximate surface area is 128 Å². The van der Waals surface area contributed by atoms with Gasteiger partial charge >= 0.3 is 0 Å². The van der Waals surface area contributed by atoms with Crippen molar-refractivity contribution in [2.75, 3.05) is 4.72 Å². The lowest BCUT2D eigenvalue weighted by Crippen LogP contribution is -2.14. The molecule has 0 aliphatic rings. The number of aromatic nitrogens is 1. The van der Waals surface area contributed by atoms with Crippen molar-refractivity contribution < 1.29 is 8.42 Å². The number of hydrogen-bond acceptors (Lipinski definition) is 3. The summed E-state index contributed by atoms with van der Waals surface area (Å²) < 4.78 is 27.4. The van der Waals surface area contributed by atoms with E-state index in [-0.39, 0.29) is 20.8 Å². The minimum absolute atomic E-state index is 0.0303. The fourth-order valence-electron chi connectivity index (χ4n) is 1.36. The number of hydrogen-bond donors (Lipinski definition) is 1. The fraction of sp³-hybridized carbons (Fsp3) is 0. The molecule has 1 aromatic carbocycles. The van der Waals surface area contributed by atoms with E-state index in [2.05, 4.69) is 25.6 Å². The summed E-state index contributed by atoms with van der Waals surface area (Å²) in [5, 5.41) is 0.182. The van der Waals surface area contributed by atoms with Crippen LogP contribution in [0, 0.1) is 0 Å². The summed E-state index contributed by atoms with van der Waals surface area (Å²) in [5.41, 5.74) is 0.197. The van der Waals surface area contributed by atoms with Crippen LogP contribution in [0.15, 0.2) is 45.9 Å². The van der Waals surface area contributed by atoms with Crippen molar-refractivity contribution in [2.24, 2.45) is 0 Å². The van der Waals surface area contributed by atoms with Crippen LogP contribution in [0.4, 0.5) is 5.69 Å². The molecule has 0 bridgehead atoms.